The second-order valence-corrected chi connectivity index (χ2v) is 12.8. The second-order valence-electron chi connectivity index (χ2n) is 7.70. The lowest BCUT2D eigenvalue weighted by Gasteiger charge is -2.26. The van der Waals surface area contributed by atoms with Gasteiger partial charge in [-0.1, -0.05) is 68.9 Å². The Morgan fingerprint density at radius 3 is 2.15 bits per heavy atom. The third kappa shape index (κ3) is 4.74. The van der Waals surface area contributed by atoms with Gasteiger partial charge in [0.25, 0.3) is 0 Å². The van der Waals surface area contributed by atoms with Gasteiger partial charge in [-0.25, -0.2) is 0 Å². The number of hydrogen-bond acceptors (Lipinski definition) is 1. The number of hydrogen-bond donors (Lipinski definition) is 1. The Morgan fingerprint density at radius 1 is 1.00 bits per heavy atom. The summed E-state index contributed by atoms with van der Waals surface area (Å²) < 4.78 is 0. The molecule has 1 aliphatic rings. The molecule has 1 N–H and O–H groups in total. The molecule has 1 fully saturated rings. The van der Waals surface area contributed by atoms with Crippen LogP contribution in [-0.2, 0) is 6.54 Å². The maximum absolute atomic E-state index is 3.66. The van der Waals surface area contributed by atoms with Gasteiger partial charge >= 0.3 is 0 Å². The fourth-order valence-electron chi connectivity index (χ4n) is 3.08. The van der Waals surface area contributed by atoms with Crippen molar-refractivity contribution in [2.75, 3.05) is 6.54 Å². The first kappa shape index (κ1) is 15.8. The SMILES string of the molecule is CC1CCC(CNCc2ccc([Si](C)(C)C)cc2)CC1. The summed E-state index contributed by atoms with van der Waals surface area (Å²) in [6.45, 7) is 11.8. The van der Waals surface area contributed by atoms with E-state index in [0.29, 0.717) is 0 Å². The Hall–Kier alpha value is -0.603. The quantitative estimate of drug-likeness (QED) is 0.803. The highest BCUT2D eigenvalue weighted by Gasteiger charge is 2.18. The summed E-state index contributed by atoms with van der Waals surface area (Å²) in [7, 11) is -1.14. The molecule has 112 valence electrons. The van der Waals surface area contributed by atoms with Gasteiger partial charge in [-0.15, -0.1) is 0 Å². The highest BCUT2D eigenvalue weighted by molar-refractivity contribution is 6.88. The molecular formula is C18H31NSi. The third-order valence-electron chi connectivity index (χ3n) is 4.72. The molecular weight excluding hydrogens is 258 g/mol. The average Bonchev–Trinajstić information content (AvgIpc) is 2.41. The van der Waals surface area contributed by atoms with Crippen molar-refractivity contribution >= 4 is 13.3 Å². The van der Waals surface area contributed by atoms with Crippen LogP contribution in [0.1, 0.15) is 38.2 Å². The van der Waals surface area contributed by atoms with Crippen molar-refractivity contribution in [2.24, 2.45) is 11.8 Å². The lowest BCUT2D eigenvalue weighted by Crippen LogP contribution is -2.37. The molecule has 0 atom stereocenters. The van der Waals surface area contributed by atoms with E-state index in [9.17, 15) is 0 Å². The average molecular weight is 290 g/mol. The van der Waals surface area contributed by atoms with Gasteiger partial charge in [-0.2, -0.15) is 0 Å². The van der Waals surface area contributed by atoms with Crippen LogP contribution < -0.4 is 10.5 Å². The standard InChI is InChI=1S/C18H31NSi/c1-15-5-7-16(8-6-15)13-19-14-17-9-11-18(12-10-17)20(2,3)4/h9-12,15-16,19H,5-8,13-14H2,1-4H3. The topological polar surface area (TPSA) is 12.0 Å². The predicted octanol–water partition coefficient (Wildman–Crippen LogP) is 4.15. The first-order valence-corrected chi connectivity index (χ1v) is 11.8. The van der Waals surface area contributed by atoms with Crippen LogP contribution in [-0.4, -0.2) is 14.6 Å². The van der Waals surface area contributed by atoms with Gasteiger partial charge in [0.1, 0.15) is 0 Å². The van der Waals surface area contributed by atoms with Crippen LogP contribution in [0.5, 0.6) is 0 Å². The molecule has 0 radical (unpaired) electrons. The molecule has 1 saturated carbocycles. The van der Waals surface area contributed by atoms with Gasteiger partial charge in [0, 0.05) is 6.54 Å². The van der Waals surface area contributed by atoms with Crippen molar-refractivity contribution in [1.82, 2.24) is 5.32 Å². The Bertz CT molecular complexity index is 396. The normalized spacial score (nSPS) is 23.8. The molecule has 0 heterocycles. The van der Waals surface area contributed by atoms with Crippen LogP contribution in [0.4, 0.5) is 0 Å². The minimum Gasteiger partial charge on any atom is -0.312 e. The van der Waals surface area contributed by atoms with E-state index in [1.165, 1.54) is 37.8 Å². The highest BCUT2D eigenvalue weighted by Crippen LogP contribution is 2.27. The lowest BCUT2D eigenvalue weighted by molar-refractivity contribution is 0.281. The maximum atomic E-state index is 3.66. The van der Waals surface area contributed by atoms with E-state index in [4.69, 9.17) is 0 Å². The molecule has 0 saturated heterocycles. The van der Waals surface area contributed by atoms with Crippen molar-refractivity contribution in [1.29, 1.82) is 0 Å². The molecule has 0 aliphatic heterocycles. The minimum absolute atomic E-state index is 0.910. The van der Waals surface area contributed by atoms with Gasteiger partial charge in [-0.3, -0.25) is 0 Å². The molecule has 2 heteroatoms. The van der Waals surface area contributed by atoms with Gasteiger partial charge in [0.05, 0.1) is 8.07 Å². The number of nitrogens with one attached hydrogen (secondary N) is 1. The van der Waals surface area contributed by atoms with Crippen molar-refractivity contribution in [3.8, 4) is 0 Å². The van der Waals surface area contributed by atoms with Crippen LogP contribution in [0.2, 0.25) is 19.6 Å². The molecule has 0 spiro atoms. The Balaban J connectivity index is 1.74. The molecule has 0 unspecified atom stereocenters. The maximum Gasteiger partial charge on any atom is 0.0775 e. The van der Waals surface area contributed by atoms with Crippen LogP contribution >= 0.6 is 0 Å². The molecule has 1 nitrogen and oxygen atoms in total. The van der Waals surface area contributed by atoms with E-state index in [1.54, 1.807) is 5.19 Å². The van der Waals surface area contributed by atoms with Crippen molar-refractivity contribution in [3.05, 3.63) is 29.8 Å². The molecule has 2 rings (SSSR count). The Kier molecular flexibility index (Phi) is 5.45. The van der Waals surface area contributed by atoms with E-state index in [0.717, 1.165) is 18.4 Å². The fourth-order valence-corrected chi connectivity index (χ4v) is 4.24. The van der Waals surface area contributed by atoms with Crippen LogP contribution in [0.3, 0.4) is 0 Å². The molecule has 0 amide bonds. The molecule has 1 aromatic carbocycles. The van der Waals surface area contributed by atoms with Crippen LogP contribution in [0, 0.1) is 11.8 Å². The summed E-state index contributed by atoms with van der Waals surface area (Å²) in [5.41, 5.74) is 1.43. The van der Waals surface area contributed by atoms with E-state index >= 15 is 0 Å². The first-order chi connectivity index (χ1) is 9.45. The fraction of sp³-hybridized carbons (Fsp3) is 0.667. The zero-order chi connectivity index (χ0) is 14.6. The van der Waals surface area contributed by atoms with E-state index < -0.39 is 8.07 Å². The zero-order valence-electron chi connectivity index (χ0n) is 13.7. The molecule has 20 heavy (non-hydrogen) atoms. The minimum atomic E-state index is -1.14. The predicted molar refractivity (Wildman–Crippen MR) is 92.3 cm³/mol. The van der Waals surface area contributed by atoms with Gasteiger partial charge in [0.2, 0.25) is 0 Å². The first-order valence-electron chi connectivity index (χ1n) is 8.25. The largest absolute Gasteiger partial charge is 0.312 e. The summed E-state index contributed by atoms with van der Waals surface area (Å²) in [4.78, 5) is 0. The van der Waals surface area contributed by atoms with Crippen LogP contribution in [0.25, 0.3) is 0 Å². The second kappa shape index (κ2) is 6.90. The smallest absolute Gasteiger partial charge is 0.0775 e. The molecule has 0 aromatic heterocycles. The van der Waals surface area contributed by atoms with Crippen LogP contribution in [0.15, 0.2) is 24.3 Å². The molecule has 0 bridgehead atoms. The lowest BCUT2D eigenvalue weighted by atomic mass is 9.83. The van der Waals surface area contributed by atoms with Crippen molar-refractivity contribution in [2.45, 2.75) is 58.8 Å². The summed E-state index contributed by atoms with van der Waals surface area (Å²) in [5, 5.41) is 5.21. The number of benzene rings is 1. The summed E-state index contributed by atoms with van der Waals surface area (Å²) in [6.07, 6.45) is 5.69. The summed E-state index contributed by atoms with van der Waals surface area (Å²) in [6, 6.07) is 9.30. The molecule has 1 aliphatic carbocycles. The molecule has 1 aromatic rings. The number of rotatable bonds is 5. The highest BCUT2D eigenvalue weighted by atomic mass is 28.3. The van der Waals surface area contributed by atoms with E-state index in [1.807, 2.05) is 0 Å². The Morgan fingerprint density at radius 2 is 1.60 bits per heavy atom. The van der Waals surface area contributed by atoms with Crippen molar-refractivity contribution < 1.29 is 0 Å². The zero-order valence-corrected chi connectivity index (χ0v) is 14.7. The van der Waals surface area contributed by atoms with Gasteiger partial charge < -0.3 is 5.32 Å². The monoisotopic (exact) mass is 289 g/mol. The van der Waals surface area contributed by atoms with E-state index in [-0.39, 0.29) is 0 Å². The van der Waals surface area contributed by atoms with Gasteiger partial charge in [0.15, 0.2) is 0 Å². The van der Waals surface area contributed by atoms with Crippen molar-refractivity contribution in [3.63, 3.8) is 0 Å². The van der Waals surface area contributed by atoms with E-state index in [2.05, 4.69) is 56.1 Å². The summed E-state index contributed by atoms with van der Waals surface area (Å²) >= 11 is 0. The Labute approximate surface area is 126 Å². The van der Waals surface area contributed by atoms with Gasteiger partial charge in [-0.05, 0) is 36.8 Å². The third-order valence-corrected chi connectivity index (χ3v) is 6.78. The summed E-state index contributed by atoms with van der Waals surface area (Å²) in [5.74, 6) is 1.87.